The van der Waals surface area contributed by atoms with Gasteiger partial charge in [-0.3, -0.25) is 9.89 Å². The van der Waals surface area contributed by atoms with E-state index in [1.165, 1.54) is 0 Å². The number of nitrogens with two attached hydrogens (primary N) is 1. The van der Waals surface area contributed by atoms with Gasteiger partial charge in [0.2, 0.25) is 0 Å². The first-order valence-electron chi connectivity index (χ1n) is 5.26. The van der Waals surface area contributed by atoms with Crippen LogP contribution in [0.1, 0.15) is 22.6 Å². The predicted molar refractivity (Wildman–Crippen MR) is 59.1 cm³/mol. The number of likely N-dealkylation sites (N-methyl/N-ethyl adjacent to an activating group) is 1. The van der Waals surface area contributed by atoms with Gasteiger partial charge in [0.15, 0.2) is 5.69 Å². The monoisotopic (exact) mass is 224 g/mol. The molecule has 0 radical (unpaired) electrons. The van der Waals surface area contributed by atoms with E-state index >= 15 is 0 Å². The van der Waals surface area contributed by atoms with Crippen LogP contribution in [-0.4, -0.2) is 47.3 Å². The topological polar surface area (TPSA) is 84.2 Å². The largest absolute Gasteiger partial charge is 0.395 e. The smallest absolute Gasteiger partial charge is 0.276 e. The Morgan fingerprint density at radius 2 is 2.44 bits per heavy atom. The molecule has 6 nitrogen and oxygen atoms in total. The molecule has 1 aliphatic heterocycles. The second-order valence-corrected chi connectivity index (χ2v) is 4.04. The number of nitrogens with one attached hydrogen (secondary N) is 1. The Kier molecular flexibility index (Phi) is 2.82. The van der Waals surface area contributed by atoms with Crippen molar-refractivity contribution in [3.8, 4) is 0 Å². The molecule has 0 saturated carbocycles. The fourth-order valence-corrected chi connectivity index (χ4v) is 1.76. The molecule has 6 heteroatoms. The molecule has 0 aromatic carbocycles. The van der Waals surface area contributed by atoms with Crippen molar-refractivity contribution in [2.24, 2.45) is 0 Å². The minimum atomic E-state index is -0.155. The van der Waals surface area contributed by atoms with Crippen LogP contribution in [-0.2, 0) is 4.74 Å². The van der Waals surface area contributed by atoms with Crippen molar-refractivity contribution in [3.63, 3.8) is 0 Å². The lowest BCUT2D eigenvalue weighted by Crippen LogP contribution is -2.37. The first-order valence-corrected chi connectivity index (χ1v) is 5.26. The SMILES string of the molecule is Cc1[nH]nc(C(=O)N(C)C2CCOC2)c1N. The first kappa shape index (κ1) is 10.9. The third kappa shape index (κ3) is 1.76. The number of nitrogens with zero attached hydrogens (tertiary/aromatic N) is 2. The van der Waals surface area contributed by atoms with E-state index in [1.807, 2.05) is 0 Å². The number of carbonyl (C=O) groups excluding carboxylic acids is 1. The Bertz CT molecular complexity index is 396. The van der Waals surface area contributed by atoms with E-state index < -0.39 is 0 Å². The number of aromatic amines is 1. The number of H-pyrrole nitrogens is 1. The van der Waals surface area contributed by atoms with Crippen LogP contribution in [0, 0.1) is 6.92 Å². The molecule has 2 rings (SSSR count). The molecule has 0 bridgehead atoms. The van der Waals surface area contributed by atoms with Gasteiger partial charge in [-0.05, 0) is 13.3 Å². The second-order valence-electron chi connectivity index (χ2n) is 4.04. The van der Waals surface area contributed by atoms with Gasteiger partial charge in [0.25, 0.3) is 5.91 Å². The van der Waals surface area contributed by atoms with Gasteiger partial charge in [0.1, 0.15) is 0 Å². The lowest BCUT2D eigenvalue weighted by Gasteiger charge is -2.22. The maximum Gasteiger partial charge on any atom is 0.276 e. The number of aryl methyl sites for hydroxylation is 1. The molecular formula is C10H16N4O2. The highest BCUT2D eigenvalue weighted by Gasteiger charge is 2.27. The molecule has 0 aliphatic carbocycles. The number of aromatic nitrogens is 2. The number of rotatable bonds is 2. The molecule has 0 spiro atoms. The van der Waals surface area contributed by atoms with Crippen LogP contribution < -0.4 is 5.73 Å². The van der Waals surface area contributed by atoms with Crippen LogP contribution in [0.5, 0.6) is 0 Å². The summed E-state index contributed by atoms with van der Waals surface area (Å²) in [6, 6.07) is 0.129. The molecule has 2 heterocycles. The van der Waals surface area contributed by atoms with Crippen molar-refractivity contribution in [3.05, 3.63) is 11.4 Å². The summed E-state index contributed by atoms with van der Waals surface area (Å²) in [6.45, 7) is 3.08. The molecular weight excluding hydrogens is 208 g/mol. The molecule has 1 fully saturated rings. The lowest BCUT2D eigenvalue weighted by molar-refractivity contribution is 0.0706. The van der Waals surface area contributed by atoms with Crippen molar-refractivity contribution in [1.29, 1.82) is 0 Å². The molecule has 3 N–H and O–H groups in total. The molecule has 1 saturated heterocycles. The highest BCUT2D eigenvalue weighted by Crippen LogP contribution is 2.18. The van der Waals surface area contributed by atoms with Crippen LogP contribution in [0.4, 0.5) is 5.69 Å². The Hall–Kier alpha value is -1.56. The molecule has 1 unspecified atom stereocenters. The Morgan fingerprint density at radius 1 is 1.69 bits per heavy atom. The summed E-state index contributed by atoms with van der Waals surface area (Å²) in [7, 11) is 1.76. The van der Waals surface area contributed by atoms with Crippen LogP contribution in [0.3, 0.4) is 0 Å². The van der Waals surface area contributed by atoms with Crippen LogP contribution >= 0.6 is 0 Å². The van der Waals surface area contributed by atoms with Gasteiger partial charge >= 0.3 is 0 Å². The van der Waals surface area contributed by atoms with Gasteiger partial charge in [-0.1, -0.05) is 0 Å². The van der Waals surface area contributed by atoms with E-state index in [0.29, 0.717) is 24.6 Å². The zero-order valence-corrected chi connectivity index (χ0v) is 9.49. The standard InChI is InChI=1S/C10H16N4O2/c1-6-8(11)9(13-12-6)10(15)14(2)7-3-4-16-5-7/h7H,3-5,11H2,1-2H3,(H,12,13). The second kappa shape index (κ2) is 4.13. The molecule has 88 valence electrons. The minimum absolute atomic E-state index is 0.129. The van der Waals surface area contributed by atoms with Crippen molar-refractivity contribution in [1.82, 2.24) is 15.1 Å². The highest BCUT2D eigenvalue weighted by molar-refractivity contribution is 5.97. The summed E-state index contributed by atoms with van der Waals surface area (Å²) in [5.41, 5.74) is 7.21. The predicted octanol–water partition coefficient (Wildman–Crippen LogP) is 0.161. The normalized spacial score (nSPS) is 20.0. The number of carbonyl (C=O) groups is 1. The average Bonchev–Trinajstić information content (AvgIpc) is 2.89. The third-order valence-electron chi connectivity index (χ3n) is 2.97. The van der Waals surface area contributed by atoms with Crippen molar-refractivity contribution in [2.75, 3.05) is 26.0 Å². The van der Waals surface area contributed by atoms with Crippen LogP contribution in [0.25, 0.3) is 0 Å². The van der Waals surface area contributed by atoms with Gasteiger partial charge in [-0.25, -0.2) is 0 Å². The molecule has 1 amide bonds. The zero-order valence-electron chi connectivity index (χ0n) is 9.49. The molecule has 1 aromatic rings. The Labute approximate surface area is 93.8 Å². The first-order chi connectivity index (χ1) is 7.61. The number of anilines is 1. The van der Waals surface area contributed by atoms with E-state index in [2.05, 4.69) is 10.2 Å². The van der Waals surface area contributed by atoms with E-state index in [4.69, 9.17) is 10.5 Å². The lowest BCUT2D eigenvalue weighted by atomic mass is 10.2. The third-order valence-corrected chi connectivity index (χ3v) is 2.97. The van der Waals surface area contributed by atoms with Crippen LogP contribution in [0.2, 0.25) is 0 Å². The molecule has 1 aromatic heterocycles. The fraction of sp³-hybridized carbons (Fsp3) is 0.600. The zero-order chi connectivity index (χ0) is 11.7. The number of hydrogen-bond donors (Lipinski definition) is 2. The quantitative estimate of drug-likeness (QED) is 0.749. The maximum atomic E-state index is 12.1. The fourth-order valence-electron chi connectivity index (χ4n) is 1.76. The van der Waals surface area contributed by atoms with Crippen molar-refractivity contribution >= 4 is 11.6 Å². The van der Waals surface area contributed by atoms with Gasteiger partial charge in [0.05, 0.1) is 24.0 Å². The van der Waals surface area contributed by atoms with Crippen molar-refractivity contribution < 1.29 is 9.53 Å². The minimum Gasteiger partial charge on any atom is -0.395 e. The Balaban J connectivity index is 2.15. The number of amides is 1. The van der Waals surface area contributed by atoms with Crippen molar-refractivity contribution in [2.45, 2.75) is 19.4 Å². The summed E-state index contributed by atoms with van der Waals surface area (Å²) in [5.74, 6) is -0.155. The molecule has 1 aliphatic rings. The van der Waals surface area contributed by atoms with E-state index in [9.17, 15) is 4.79 Å². The molecule has 16 heavy (non-hydrogen) atoms. The molecule has 1 atom stereocenters. The van der Waals surface area contributed by atoms with Gasteiger partial charge in [-0.15, -0.1) is 0 Å². The summed E-state index contributed by atoms with van der Waals surface area (Å²) in [5, 5.41) is 6.64. The number of ether oxygens (including phenoxy) is 1. The number of hydrogen-bond acceptors (Lipinski definition) is 4. The Morgan fingerprint density at radius 3 is 2.94 bits per heavy atom. The van der Waals surface area contributed by atoms with Gasteiger partial charge in [-0.2, -0.15) is 5.10 Å². The summed E-state index contributed by atoms with van der Waals surface area (Å²) < 4.78 is 5.25. The average molecular weight is 224 g/mol. The van der Waals surface area contributed by atoms with E-state index in [1.54, 1.807) is 18.9 Å². The number of nitrogen functional groups attached to an aromatic ring is 1. The highest BCUT2D eigenvalue weighted by atomic mass is 16.5. The summed E-state index contributed by atoms with van der Waals surface area (Å²) in [6.07, 6.45) is 0.867. The summed E-state index contributed by atoms with van der Waals surface area (Å²) in [4.78, 5) is 13.7. The van der Waals surface area contributed by atoms with Crippen LogP contribution in [0.15, 0.2) is 0 Å². The van der Waals surface area contributed by atoms with Gasteiger partial charge in [0, 0.05) is 13.7 Å². The van der Waals surface area contributed by atoms with Gasteiger partial charge < -0.3 is 15.4 Å². The van der Waals surface area contributed by atoms with E-state index in [0.717, 1.165) is 12.1 Å². The maximum absolute atomic E-state index is 12.1. The summed E-state index contributed by atoms with van der Waals surface area (Å²) >= 11 is 0. The van der Waals surface area contributed by atoms with E-state index in [-0.39, 0.29) is 11.9 Å².